The Balaban J connectivity index is 1.55. The Morgan fingerprint density at radius 1 is 1.10 bits per heavy atom. The number of aliphatic imine (C=N–C) groups is 1. The van der Waals surface area contributed by atoms with Crippen LogP contribution in [-0.2, 0) is 13.1 Å². The van der Waals surface area contributed by atoms with E-state index in [1.807, 2.05) is 13.1 Å². The lowest BCUT2D eigenvalue weighted by Gasteiger charge is -2.21. The molecule has 2 aromatic carbocycles. The molecule has 168 valence electrons. The summed E-state index contributed by atoms with van der Waals surface area (Å²) in [5, 5.41) is 7.02. The lowest BCUT2D eigenvalue weighted by Crippen LogP contribution is -2.44. The number of rotatable bonds is 8. The van der Waals surface area contributed by atoms with Crippen molar-refractivity contribution in [2.24, 2.45) is 4.99 Å². The standard InChI is InChI=1S/C24H35N5O2/c1-25-24(26-15-18-7-6-8-19(11-18)16-28(2)3)27-20-9-10-29(17-20)21-12-22(30-4)14-23(13-21)31-5/h6-8,11-14,20H,9-10,15-17H2,1-5H3,(H2,25,26,27). The lowest BCUT2D eigenvalue weighted by atomic mass is 10.1. The third-order valence-electron chi connectivity index (χ3n) is 5.40. The number of nitrogens with zero attached hydrogens (tertiary/aromatic N) is 3. The zero-order valence-electron chi connectivity index (χ0n) is 19.3. The van der Waals surface area contributed by atoms with Crippen LogP contribution >= 0.6 is 0 Å². The summed E-state index contributed by atoms with van der Waals surface area (Å²) in [6.07, 6.45) is 1.04. The van der Waals surface area contributed by atoms with Gasteiger partial charge < -0.3 is 29.9 Å². The lowest BCUT2D eigenvalue weighted by molar-refractivity contribution is 0.394. The highest BCUT2D eigenvalue weighted by Crippen LogP contribution is 2.30. The topological polar surface area (TPSA) is 61.4 Å². The van der Waals surface area contributed by atoms with E-state index < -0.39 is 0 Å². The second-order valence-electron chi connectivity index (χ2n) is 8.13. The van der Waals surface area contributed by atoms with Gasteiger partial charge in [-0.15, -0.1) is 0 Å². The molecule has 0 radical (unpaired) electrons. The van der Waals surface area contributed by atoms with Crippen molar-refractivity contribution in [3.05, 3.63) is 53.6 Å². The van der Waals surface area contributed by atoms with E-state index in [1.165, 1.54) is 11.1 Å². The maximum absolute atomic E-state index is 5.42. The highest BCUT2D eigenvalue weighted by atomic mass is 16.5. The van der Waals surface area contributed by atoms with E-state index in [0.29, 0.717) is 6.04 Å². The van der Waals surface area contributed by atoms with E-state index in [9.17, 15) is 0 Å². The number of benzene rings is 2. The molecule has 3 rings (SSSR count). The van der Waals surface area contributed by atoms with Crippen molar-refractivity contribution in [3.8, 4) is 11.5 Å². The van der Waals surface area contributed by atoms with Gasteiger partial charge in [0.2, 0.25) is 0 Å². The van der Waals surface area contributed by atoms with Gasteiger partial charge in [0.05, 0.1) is 14.2 Å². The molecule has 0 amide bonds. The fourth-order valence-electron chi connectivity index (χ4n) is 3.86. The van der Waals surface area contributed by atoms with Gasteiger partial charge >= 0.3 is 0 Å². The normalized spacial score (nSPS) is 16.5. The number of methoxy groups -OCH3 is 2. The van der Waals surface area contributed by atoms with Crippen molar-refractivity contribution in [1.82, 2.24) is 15.5 Å². The molecule has 1 saturated heterocycles. The average molecular weight is 426 g/mol. The van der Waals surface area contributed by atoms with E-state index in [0.717, 1.165) is 55.7 Å². The van der Waals surface area contributed by atoms with Crippen LogP contribution in [0.1, 0.15) is 17.5 Å². The maximum Gasteiger partial charge on any atom is 0.191 e. The van der Waals surface area contributed by atoms with Crippen LogP contribution in [-0.4, -0.2) is 65.4 Å². The summed E-state index contributed by atoms with van der Waals surface area (Å²) in [5.74, 6) is 2.44. The van der Waals surface area contributed by atoms with Gasteiger partial charge in [-0.3, -0.25) is 4.99 Å². The first kappa shape index (κ1) is 22.7. The summed E-state index contributed by atoms with van der Waals surface area (Å²) in [6.45, 7) is 3.55. The summed E-state index contributed by atoms with van der Waals surface area (Å²) >= 11 is 0. The summed E-state index contributed by atoms with van der Waals surface area (Å²) in [5.41, 5.74) is 3.67. The Kier molecular flexibility index (Phi) is 8.00. The van der Waals surface area contributed by atoms with E-state index in [4.69, 9.17) is 9.47 Å². The predicted octanol–water partition coefficient (Wildman–Crippen LogP) is 2.71. The maximum atomic E-state index is 5.42. The first-order valence-electron chi connectivity index (χ1n) is 10.7. The highest BCUT2D eigenvalue weighted by molar-refractivity contribution is 5.80. The molecule has 1 aliphatic heterocycles. The molecule has 0 aliphatic carbocycles. The highest BCUT2D eigenvalue weighted by Gasteiger charge is 2.24. The molecular formula is C24H35N5O2. The molecule has 2 aromatic rings. The van der Waals surface area contributed by atoms with Crippen molar-refractivity contribution in [2.75, 3.05) is 53.4 Å². The third-order valence-corrected chi connectivity index (χ3v) is 5.40. The van der Waals surface area contributed by atoms with Gasteiger partial charge in [-0.1, -0.05) is 24.3 Å². The van der Waals surface area contributed by atoms with Gasteiger partial charge in [-0.05, 0) is 31.6 Å². The molecule has 1 fully saturated rings. The summed E-state index contributed by atoms with van der Waals surface area (Å²) in [7, 11) is 9.35. The quantitative estimate of drug-likeness (QED) is 0.501. The second-order valence-corrected chi connectivity index (χ2v) is 8.13. The number of guanidine groups is 1. The number of nitrogens with one attached hydrogen (secondary N) is 2. The van der Waals surface area contributed by atoms with Crippen LogP contribution in [0.25, 0.3) is 0 Å². The minimum absolute atomic E-state index is 0.323. The molecule has 1 aliphatic rings. The number of ether oxygens (including phenoxy) is 2. The molecule has 1 heterocycles. The zero-order chi connectivity index (χ0) is 22.2. The van der Waals surface area contributed by atoms with E-state index in [1.54, 1.807) is 14.2 Å². The van der Waals surface area contributed by atoms with Crippen LogP contribution in [0.2, 0.25) is 0 Å². The van der Waals surface area contributed by atoms with Gasteiger partial charge in [0.1, 0.15) is 11.5 Å². The number of hydrogen-bond acceptors (Lipinski definition) is 5. The van der Waals surface area contributed by atoms with Gasteiger partial charge in [0.15, 0.2) is 5.96 Å². The Morgan fingerprint density at radius 3 is 2.45 bits per heavy atom. The molecular weight excluding hydrogens is 390 g/mol. The first-order chi connectivity index (χ1) is 15.0. The molecule has 7 heteroatoms. The third kappa shape index (κ3) is 6.52. The Labute approximate surface area is 186 Å². The monoisotopic (exact) mass is 425 g/mol. The molecule has 0 aromatic heterocycles. The van der Waals surface area contributed by atoms with Crippen LogP contribution in [0.4, 0.5) is 5.69 Å². The van der Waals surface area contributed by atoms with E-state index in [2.05, 4.69) is 75.9 Å². The molecule has 1 atom stereocenters. The summed E-state index contributed by atoms with van der Waals surface area (Å²) in [6, 6.07) is 15.0. The second kappa shape index (κ2) is 10.9. The SMILES string of the molecule is CN=C(NCc1cccc(CN(C)C)c1)NC1CCN(c2cc(OC)cc(OC)c2)C1. The van der Waals surface area contributed by atoms with Crippen molar-refractivity contribution < 1.29 is 9.47 Å². The van der Waals surface area contributed by atoms with Crippen LogP contribution in [0.5, 0.6) is 11.5 Å². The number of anilines is 1. The van der Waals surface area contributed by atoms with Gasteiger partial charge in [-0.25, -0.2) is 0 Å². The summed E-state index contributed by atoms with van der Waals surface area (Å²) < 4.78 is 10.8. The fourth-order valence-corrected chi connectivity index (χ4v) is 3.86. The average Bonchev–Trinajstić information content (AvgIpc) is 3.24. The molecule has 0 spiro atoms. The molecule has 31 heavy (non-hydrogen) atoms. The minimum atomic E-state index is 0.323. The van der Waals surface area contributed by atoms with Crippen molar-refractivity contribution in [3.63, 3.8) is 0 Å². The van der Waals surface area contributed by atoms with Crippen molar-refractivity contribution >= 4 is 11.6 Å². The molecule has 7 nitrogen and oxygen atoms in total. The Morgan fingerprint density at radius 2 is 1.81 bits per heavy atom. The fraction of sp³-hybridized carbons (Fsp3) is 0.458. The Bertz CT molecular complexity index is 862. The predicted molar refractivity (Wildman–Crippen MR) is 127 cm³/mol. The first-order valence-corrected chi connectivity index (χ1v) is 10.7. The van der Waals surface area contributed by atoms with E-state index >= 15 is 0 Å². The molecule has 2 N–H and O–H groups in total. The van der Waals surface area contributed by atoms with Crippen LogP contribution in [0.15, 0.2) is 47.5 Å². The number of hydrogen-bond donors (Lipinski definition) is 2. The Hall–Kier alpha value is -2.93. The molecule has 0 saturated carbocycles. The van der Waals surface area contributed by atoms with Gasteiger partial charge in [0, 0.05) is 63.2 Å². The summed E-state index contributed by atoms with van der Waals surface area (Å²) in [4.78, 5) is 8.94. The molecule has 0 bridgehead atoms. The van der Waals surface area contributed by atoms with Crippen LogP contribution in [0.3, 0.4) is 0 Å². The van der Waals surface area contributed by atoms with Crippen molar-refractivity contribution in [1.29, 1.82) is 0 Å². The molecule has 1 unspecified atom stereocenters. The van der Waals surface area contributed by atoms with E-state index in [-0.39, 0.29) is 0 Å². The van der Waals surface area contributed by atoms with Crippen LogP contribution in [0, 0.1) is 0 Å². The van der Waals surface area contributed by atoms with Gasteiger partial charge in [0.25, 0.3) is 0 Å². The largest absolute Gasteiger partial charge is 0.497 e. The smallest absolute Gasteiger partial charge is 0.191 e. The zero-order valence-corrected chi connectivity index (χ0v) is 19.3. The minimum Gasteiger partial charge on any atom is -0.497 e. The van der Waals surface area contributed by atoms with Crippen molar-refractivity contribution in [2.45, 2.75) is 25.6 Å². The van der Waals surface area contributed by atoms with Crippen LogP contribution < -0.4 is 25.0 Å². The van der Waals surface area contributed by atoms with Gasteiger partial charge in [-0.2, -0.15) is 0 Å².